The minimum absolute atomic E-state index is 0.00874. The molecule has 0 saturated carbocycles. The fourth-order valence-corrected chi connectivity index (χ4v) is 2.99. The maximum absolute atomic E-state index is 12.7. The van der Waals surface area contributed by atoms with Crippen LogP contribution in [0.4, 0.5) is 4.39 Å². The molecule has 0 aromatic heterocycles. The molecule has 4 heteroatoms. The largest absolute Gasteiger partial charge is 0.294 e. The summed E-state index contributed by atoms with van der Waals surface area (Å²) >= 11 is 0. The van der Waals surface area contributed by atoms with Crippen LogP contribution in [0.5, 0.6) is 0 Å². The van der Waals surface area contributed by atoms with Crippen molar-refractivity contribution in [3.05, 3.63) is 35.6 Å². The van der Waals surface area contributed by atoms with E-state index in [4.69, 9.17) is 0 Å². The highest BCUT2D eigenvalue weighted by atomic mass is 32.2. The number of halogens is 1. The summed E-state index contributed by atoms with van der Waals surface area (Å²) in [5.41, 5.74) is 0.526. The molecule has 0 amide bonds. The molecular weight excluding hydrogens is 263 g/mol. The predicted octanol–water partition coefficient (Wildman–Crippen LogP) is 3.73. The molecule has 0 radical (unpaired) electrons. The lowest BCUT2D eigenvalue weighted by atomic mass is 10.1. The fourth-order valence-electron chi connectivity index (χ4n) is 1.79. The molecule has 2 nitrogen and oxygen atoms in total. The van der Waals surface area contributed by atoms with E-state index >= 15 is 0 Å². The van der Waals surface area contributed by atoms with Gasteiger partial charge in [0.15, 0.2) is 5.78 Å². The van der Waals surface area contributed by atoms with E-state index in [0.717, 1.165) is 25.0 Å². The zero-order valence-electron chi connectivity index (χ0n) is 11.4. The van der Waals surface area contributed by atoms with E-state index in [1.165, 1.54) is 24.3 Å². The molecule has 0 spiro atoms. The zero-order valence-corrected chi connectivity index (χ0v) is 12.2. The maximum Gasteiger partial charge on any atom is 0.162 e. The molecule has 0 bridgehead atoms. The Kier molecular flexibility index (Phi) is 7.56. The molecular formula is C15H21FO2S. The van der Waals surface area contributed by atoms with Gasteiger partial charge in [-0.1, -0.05) is 19.8 Å². The van der Waals surface area contributed by atoms with E-state index in [1.807, 2.05) is 0 Å². The van der Waals surface area contributed by atoms with Crippen LogP contribution in [0, 0.1) is 5.82 Å². The lowest BCUT2D eigenvalue weighted by Gasteiger charge is -2.02. The lowest BCUT2D eigenvalue weighted by molar-refractivity contribution is 0.0982. The Bertz CT molecular complexity index is 415. The highest BCUT2D eigenvalue weighted by Gasteiger charge is 2.07. The molecule has 0 fully saturated rings. The smallest absolute Gasteiger partial charge is 0.162 e. The number of hydrogen-bond donors (Lipinski definition) is 0. The van der Waals surface area contributed by atoms with Crippen molar-refractivity contribution in [3.63, 3.8) is 0 Å². The van der Waals surface area contributed by atoms with Crippen LogP contribution in [0.25, 0.3) is 0 Å². The minimum Gasteiger partial charge on any atom is -0.294 e. The molecule has 0 aliphatic carbocycles. The average molecular weight is 284 g/mol. The average Bonchev–Trinajstić information content (AvgIpc) is 2.39. The molecule has 1 atom stereocenters. The van der Waals surface area contributed by atoms with E-state index in [9.17, 15) is 13.4 Å². The van der Waals surface area contributed by atoms with Gasteiger partial charge in [0.1, 0.15) is 5.82 Å². The Morgan fingerprint density at radius 2 is 1.74 bits per heavy atom. The molecule has 0 saturated heterocycles. The summed E-state index contributed by atoms with van der Waals surface area (Å²) in [6, 6.07) is 5.57. The van der Waals surface area contributed by atoms with E-state index in [1.54, 1.807) is 0 Å². The maximum atomic E-state index is 12.7. The van der Waals surface area contributed by atoms with Crippen LogP contribution in [0.1, 0.15) is 49.4 Å². The van der Waals surface area contributed by atoms with E-state index in [2.05, 4.69) is 6.92 Å². The molecule has 1 rings (SSSR count). The van der Waals surface area contributed by atoms with Crippen LogP contribution in [0.15, 0.2) is 24.3 Å². The quantitative estimate of drug-likeness (QED) is 0.511. The van der Waals surface area contributed by atoms with Gasteiger partial charge in [0, 0.05) is 34.3 Å². The van der Waals surface area contributed by atoms with Gasteiger partial charge in [-0.15, -0.1) is 0 Å². The Morgan fingerprint density at radius 3 is 2.37 bits per heavy atom. The molecule has 1 unspecified atom stereocenters. The van der Waals surface area contributed by atoms with Crippen molar-refractivity contribution in [2.24, 2.45) is 0 Å². The topological polar surface area (TPSA) is 34.1 Å². The van der Waals surface area contributed by atoms with Gasteiger partial charge < -0.3 is 0 Å². The standard InChI is InChI=1S/C15H21FO2S/c1-2-3-4-11-19(18)12-5-6-15(17)13-7-9-14(16)10-8-13/h7-10H,2-6,11-12H2,1H3. The van der Waals surface area contributed by atoms with Crippen LogP contribution < -0.4 is 0 Å². The second-order valence-corrected chi connectivity index (χ2v) is 6.28. The van der Waals surface area contributed by atoms with Gasteiger partial charge in [-0.3, -0.25) is 9.00 Å². The fraction of sp³-hybridized carbons (Fsp3) is 0.533. The number of hydrogen-bond acceptors (Lipinski definition) is 2. The molecule has 1 aromatic carbocycles. The van der Waals surface area contributed by atoms with Crippen molar-refractivity contribution in [3.8, 4) is 0 Å². The number of benzene rings is 1. The molecule has 0 N–H and O–H groups in total. The van der Waals surface area contributed by atoms with E-state index in [0.29, 0.717) is 24.2 Å². The zero-order chi connectivity index (χ0) is 14.1. The SMILES string of the molecule is CCCCCS(=O)CCCC(=O)c1ccc(F)cc1. The number of carbonyl (C=O) groups is 1. The molecule has 19 heavy (non-hydrogen) atoms. The van der Waals surface area contributed by atoms with E-state index < -0.39 is 10.8 Å². The van der Waals surface area contributed by atoms with E-state index in [-0.39, 0.29) is 11.6 Å². The summed E-state index contributed by atoms with van der Waals surface area (Å²) in [5.74, 6) is 0.967. The normalized spacial score (nSPS) is 12.3. The van der Waals surface area contributed by atoms with Crippen molar-refractivity contribution in [2.45, 2.75) is 39.0 Å². The first kappa shape index (κ1) is 16.0. The summed E-state index contributed by atoms with van der Waals surface area (Å²) in [6.07, 6.45) is 4.25. The third kappa shape index (κ3) is 6.62. The summed E-state index contributed by atoms with van der Waals surface area (Å²) in [6.45, 7) is 2.12. The molecule has 1 aromatic rings. The van der Waals surface area contributed by atoms with Crippen molar-refractivity contribution in [1.82, 2.24) is 0 Å². The molecule has 0 heterocycles. The van der Waals surface area contributed by atoms with Crippen molar-refractivity contribution >= 4 is 16.6 Å². The molecule has 106 valence electrons. The summed E-state index contributed by atoms with van der Waals surface area (Å²) in [5, 5.41) is 0. The van der Waals surface area contributed by atoms with Crippen LogP contribution >= 0.6 is 0 Å². The van der Waals surface area contributed by atoms with Crippen LogP contribution in [-0.4, -0.2) is 21.5 Å². The van der Waals surface area contributed by atoms with Crippen LogP contribution in [0.3, 0.4) is 0 Å². The number of rotatable bonds is 9. The lowest BCUT2D eigenvalue weighted by Crippen LogP contribution is -2.06. The second-order valence-electron chi connectivity index (χ2n) is 4.59. The van der Waals surface area contributed by atoms with Gasteiger partial charge in [-0.05, 0) is 37.1 Å². The number of unbranched alkanes of at least 4 members (excludes halogenated alkanes) is 2. The summed E-state index contributed by atoms with van der Waals surface area (Å²) in [7, 11) is -0.810. The monoisotopic (exact) mass is 284 g/mol. The number of carbonyl (C=O) groups excluding carboxylic acids is 1. The van der Waals surface area contributed by atoms with Gasteiger partial charge in [0.25, 0.3) is 0 Å². The number of ketones is 1. The van der Waals surface area contributed by atoms with Gasteiger partial charge in [-0.2, -0.15) is 0 Å². The Morgan fingerprint density at radius 1 is 1.11 bits per heavy atom. The third-order valence-electron chi connectivity index (χ3n) is 2.92. The highest BCUT2D eigenvalue weighted by Crippen LogP contribution is 2.08. The van der Waals surface area contributed by atoms with Crippen molar-refractivity contribution in [1.29, 1.82) is 0 Å². The van der Waals surface area contributed by atoms with Gasteiger partial charge in [-0.25, -0.2) is 4.39 Å². The first-order valence-electron chi connectivity index (χ1n) is 6.77. The van der Waals surface area contributed by atoms with Gasteiger partial charge >= 0.3 is 0 Å². The first-order valence-corrected chi connectivity index (χ1v) is 8.26. The van der Waals surface area contributed by atoms with Crippen LogP contribution in [-0.2, 0) is 10.8 Å². The Labute approximate surface area is 116 Å². The minimum atomic E-state index is -0.810. The van der Waals surface area contributed by atoms with Gasteiger partial charge in [0.2, 0.25) is 0 Å². The summed E-state index contributed by atoms with van der Waals surface area (Å²) in [4.78, 5) is 11.8. The molecule has 0 aliphatic heterocycles. The predicted molar refractivity (Wildman–Crippen MR) is 77.4 cm³/mol. The van der Waals surface area contributed by atoms with Gasteiger partial charge in [0.05, 0.1) is 0 Å². The van der Waals surface area contributed by atoms with Crippen molar-refractivity contribution in [2.75, 3.05) is 11.5 Å². The second kappa shape index (κ2) is 8.97. The molecule has 0 aliphatic rings. The first-order chi connectivity index (χ1) is 9.13. The van der Waals surface area contributed by atoms with Crippen molar-refractivity contribution < 1.29 is 13.4 Å². The summed E-state index contributed by atoms with van der Waals surface area (Å²) < 4.78 is 24.3. The number of Topliss-reactive ketones (excluding diaryl/α,β-unsaturated/α-hetero) is 1. The highest BCUT2D eigenvalue weighted by molar-refractivity contribution is 7.84. The Balaban J connectivity index is 2.23. The third-order valence-corrected chi connectivity index (χ3v) is 4.41. The van der Waals surface area contributed by atoms with Crippen LogP contribution in [0.2, 0.25) is 0 Å². The Hall–Kier alpha value is -1.03.